The molecule has 5 unspecified atom stereocenters. The van der Waals surface area contributed by atoms with Crippen molar-refractivity contribution in [2.24, 2.45) is 46.3 Å². The number of nitrogens with two attached hydrogens (primary N) is 1. The zero-order valence-corrected chi connectivity index (χ0v) is 24.2. The van der Waals surface area contributed by atoms with Gasteiger partial charge in [0.25, 0.3) is 0 Å². The van der Waals surface area contributed by atoms with Crippen LogP contribution in [0.1, 0.15) is 91.9 Å². The molecular weight excluding hydrogens is 462 g/mol. The average molecular weight is 522 g/mol. The molecule has 0 saturated heterocycles. The molecule has 4 aliphatic rings. The summed E-state index contributed by atoms with van der Waals surface area (Å²) in [4.78, 5) is 0. The van der Waals surface area contributed by atoms with Crippen LogP contribution in [0.15, 0.2) is 0 Å². The molecule has 0 aromatic carbocycles. The molecule has 4 aliphatic carbocycles. The lowest BCUT2D eigenvalue weighted by atomic mass is 9.44. The van der Waals surface area contributed by atoms with Crippen molar-refractivity contribution in [1.29, 1.82) is 0 Å². The van der Waals surface area contributed by atoms with Gasteiger partial charge in [0.05, 0.1) is 6.10 Å². The van der Waals surface area contributed by atoms with E-state index in [-0.39, 0.29) is 6.10 Å². The van der Waals surface area contributed by atoms with Crippen LogP contribution in [0.25, 0.3) is 0 Å². The fourth-order valence-corrected chi connectivity index (χ4v) is 9.33. The Morgan fingerprint density at radius 1 is 0.892 bits per heavy atom. The van der Waals surface area contributed by atoms with E-state index < -0.39 is 0 Å². The molecule has 216 valence electrons. The Bertz CT molecular complexity index is 695. The second kappa shape index (κ2) is 13.4. The Hall–Kier alpha value is -0.320. The average Bonchev–Trinajstić information content (AvgIpc) is 3.20. The summed E-state index contributed by atoms with van der Waals surface area (Å²) in [5.41, 5.74) is 13.5. The van der Waals surface area contributed by atoms with Crippen molar-refractivity contribution in [3.8, 4) is 0 Å². The van der Waals surface area contributed by atoms with Crippen molar-refractivity contribution in [1.82, 2.24) is 32.4 Å². The van der Waals surface area contributed by atoms with Gasteiger partial charge in [-0.15, -0.1) is 0 Å². The first-order valence-electron chi connectivity index (χ1n) is 15.6. The van der Waals surface area contributed by atoms with E-state index in [1.807, 2.05) is 0 Å². The number of rotatable bonds is 14. The van der Waals surface area contributed by atoms with Gasteiger partial charge in [-0.25, -0.2) is 10.9 Å². The number of aliphatic hydroxyl groups is 1. The van der Waals surface area contributed by atoms with E-state index in [9.17, 15) is 5.11 Å². The molecule has 0 aromatic rings. The molecule has 4 rings (SSSR count). The Labute approximate surface area is 226 Å². The Balaban J connectivity index is 1.27. The quantitative estimate of drug-likeness (QED) is 0.0998. The predicted molar refractivity (Wildman–Crippen MR) is 152 cm³/mol. The largest absolute Gasteiger partial charge is 0.393 e. The van der Waals surface area contributed by atoms with Crippen molar-refractivity contribution in [3.05, 3.63) is 0 Å². The fourth-order valence-electron chi connectivity index (χ4n) is 9.33. The van der Waals surface area contributed by atoms with E-state index in [2.05, 4.69) is 60.1 Å². The van der Waals surface area contributed by atoms with Crippen LogP contribution < -0.4 is 38.3 Å². The fraction of sp³-hybridized carbons (Fsp3) is 1.00. The number of fused-ring (bicyclic) bond motifs is 5. The minimum atomic E-state index is -0.118. The third-order valence-corrected chi connectivity index (χ3v) is 11.4. The number of nitrogens with one attached hydrogen (secondary N) is 6. The zero-order chi connectivity index (χ0) is 26.5. The Morgan fingerprint density at radius 3 is 2.43 bits per heavy atom. The van der Waals surface area contributed by atoms with Gasteiger partial charge >= 0.3 is 0 Å². The number of aliphatic hydroxyl groups excluding tert-OH is 1. The monoisotopic (exact) mass is 521 g/mol. The first-order chi connectivity index (χ1) is 17.8. The second-order valence-corrected chi connectivity index (χ2v) is 13.7. The summed E-state index contributed by atoms with van der Waals surface area (Å²) in [6.45, 7) is 14.2. The van der Waals surface area contributed by atoms with Gasteiger partial charge in [-0.2, -0.15) is 5.53 Å². The SMILES string of the molecule is CC(C)NCCC[C@H]1CCC2C3C(CC[C@@]21C)[C@@]1(C)CCC(NNNCCNCCNN)CC1C[C@@H]3O. The van der Waals surface area contributed by atoms with Crippen molar-refractivity contribution >= 4 is 0 Å². The van der Waals surface area contributed by atoms with Gasteiger partial charge in [-0.1, -0.05) is 27.7 Å². The van der Waals surface area contributed by atoms with E-state index in [4.69, 9.17) is 5.84 Å². The first-order valence-corrected chi connectivity index (χ1v) is 15.6. The van der Waals surface area contributed by atoms with Crippen molar-refractivity contribution in [3.63, 3.8) is 0 Å². The Kier molecular flexibility index (Phi) is 10.7. The minimum absolute atomic E-state index is 0.118. The molecule has 0 aromatic heterocycles. The molecule has 0 amide bonds. The normalized spacial score (nSPS) is 41.4. The smallest absolute Gasteiger partial charge is 0.0577 e. The highest BCUT2D eigenvalue weighted by atomic mass is 16.3. The first kappa shape index (κ1) is 29.7. The van der Waals surface area contributed by atoms with Crippen LogP contribution in [0.3, 0.4) is 0 Å². The molecule has 0 aliphatic heterocycles. The van der Waals surface area contributed by atoms with Crippen molar-refractivity contribution in [2.75, 3.05) is 32.7 Å². The van der Waals surface area contributed by atoms with E-state index in [0.717, 1.165) is 51.0 Å². The molecule has 0 radical (unpaired) electrons. The summed E-state index contributed by atoms with van der Waals surface area (Å²) in [5.74, 6) is 8.69. The van der Waals surface area contributed by atoms with Gasteiger partial charge in [-0.05, 0) is 111 Å². The highest BCUT2D eigenvalue weighted by Gasteiger charge is 2.62. The maximum absolute atomic E-state index is 11.6. The van der Waals surface area contributed by atoms with Crippen LogP contribution >= 0.6 is 0 Å². The lowest BCUT2D eigenvalue weighted by Crippen LogP contribution is -2.60. The standard InChI is InChI=1S/C29H59N7O/c1-20(2)32-13-5-6-21-7-8-24-27-25(10-12-28(21,24)3)29(4)11-9-23(18-22(29)19-26(27)37)35-36-34-17-15-31-14-16-33-30/h20-27,31-37H,5-19,30H2,1-4H3/t21-,22?,23?,24?,25?,26-,27?,28+,29-/m0/s1. The van der Waals surface area contributed by atoms with Gasteiger partial charge in [0, 0.05) is 38.3 Å². The topological polar surface area (TPSA) is 118 Å². The number of hydrogen-bond acceptors (Lipinski definition) is 8. The minimum Gasteiger partial charge on any atom is -0.393 e. The lowest BCUT2D eigenvalue weighted by Gasteiger charge is -2.62. The summed E-state index contributed by atoms with van der Waals surface area (Å²) in [5, 5.41) is 18.6. The van der Waals surface area contributed by atoms with Gasteiger partial charge in [0.15, 0.2) is 0 Å². The molecule has 8 heteroatoms. The predicted octanol–water partition coefficient (Wildman–Crippen LogP) is 2.41. The summed E-state index contributed by atoms with van der Waals surface area (Å²) in [6.07, 6.45) is 12.6. The zero-order valence-electron chi connectivity index (χ0n) is 24.2. The molecule has 0 bridgehead atoms. The number of hydrazine groups is 3. The van der Waals surface area contributed by atoms with Crippen molar-refractivity contribution < 1.29 is 5.11 Å². The van der Waals surface area contributed by atoms with Crippen LogP contribution in [0.4, 0.5) is 0 Å². The maximum Gasteiger partial charge on any atom is 0.0577 e. The summed E-state index contributed by atoms with van der Waals surface area (Å²) in [7, 11) is 0. The highest BCUT2D eigenvalue weighted by molar-refractivity contribution is 5.11. The van der Waals surface area contributed by atoms with Gasteiger partial charge in [-0.3, -0.25) is 11.3 Å². The van der Waals surface area contributed by atoms with E-state index in [0.29, 0.717) is 40.7 Å². The number of hydrogen-bond donors (Lipinski definition) is 8. The molecule has 0 heterocycles. The summed E-state index contributed by atoms with van der Waals surface area (Å²) in [6, 6.07) is 1.05. The highest BCUT2D eigenvalue weighted by Crippen LogP contribution is 2.67. The van der Waals surface area contributed by atoms with Crippen LogP contribution in [-0.4, -0.2) is 56.0 Å². The molecule has 4 saturated carbocycles. The van der Waals surface area contributed by atoms with E-state index in [1.165, 1.54) is 57.8 Å². The lowest BCUT2D eigenvalue weighted by molar-refractivity contribution is -0.165. The van der Waals surface area contributed by atoms with Crippen LogP contribution in [-0.2, 0) is 0 Å². The van der Waals surface area contributed by atoms with Crippen LogP contribution in [0, 0.1) is 40.4 Å². The summed E-state index contributed by atoms with van der Waals surface area (Å²) < 4.78 is 0. The molecule has 0 spiro atoms. The third-order valence-electron chi connectivity index (χ3n) is 11.4. The maximum atomic E-state index is 11.6. The molecule has 37 heavy (non-hydrogen) atoms. The second-order valence-electron chi connectivity index (χ2n) is 13.7. The molecule has 8 nitrogen and oxygen atoms in total. The van der Waals surface area contributed by atoms with Gasteiger partial charge in [0.2, 0.25) is 0 Å². The van der Waals surface area contributed by atoms with Crippen LogP contribution in [0.2, 0.25) is 0 Å². The van der Waals surface area contributed by atoms with Gasteiger partial charge in [0.1, 0.15) is 0 Å². The third kappa shape index (κ3) is 6.71. The molecule has 9 atom stereocenters. The van der Waals surface area contributed by atoms with E-state index >= 15 is 0 Å². The Morgan fingerprint density at radius 2 is 1.65 bits per heavy atom. The van der Waals surface area contributed by atoms with Crippen molar-refractivity contribution in [2.45, 2.75) is 110 Å². The molecule has 4 fully saturated rings. The van der Waals surface area contributed by atoms with Gasteiger partial charge < -0.3 is 15.7 Å². The molecule has 9 N–H and O–H groups in total. The van der Waals surface area contributed by atoms with Crippen LogP contribution in [0.5, 0.6) is 0 Å². The van der Waals surface area contributed by atoms with E-state index in [1.54, 1.807) is 0 Å². The molecular formula is C29H59N7O. The summed E-state index contributed by atoms with van der Waals surface area (Å²) >= 11 is 0.